The number of halogens is 2. The fraction of sp³-hybridized carbons (Fsp3) is 0.182. The maximum absolute atomic E-state index is 12.7. The van der Waals surface area contributed by atoms with E-state index in [9.17, 15) is 10.1 Å². The number of ether oxygens (including phenoxy) is 4. The number of hydrogen-bond acceptors (Lipinski definition) is 6. The maximum Gasteiger partial charge on any atom is 0.266 e. The first kappa shape index (κ1) is 23.9. The van der Waals surface area contributed by atoms with Crippen LogP contribution in [0.25, 0.3) is 6.08 Å². The van der Waals surface area contributed by atoms with E-state index in [0.29, 0.717) is 43.7 Å². The molecule has 0 spiro atoms. The number of nitrogens with one attached hydrogen (secondary N) is 1. The first-order valence-corrected chi connectivity index (χ1v) is 9.84. The quantitative estimate of drug-likeness (QED) is 0.318. The van der Waals surface area contributed by atoms with Crippen molar-refractivity contribution in [2.24, 2.45) is 0 Å². The van der Waals surface area contributed by atoms with Gasteiger partial charge in [0.15, 0.2) is 11.5 Å². The molecule has 0 aliphatic carbocycles. The van der Waals surface area contributed by atoms with Crippen molar-refractivity contribution < 1.29 is 23.7 Å². The molecule has 0 bridgehead atoms. The third-order valence-corrected chi connectivity index (χ3v) is 4.83. The van der Waals surface area contributed by atoms with Crippen LogP contribution in [-0.2, 0) is 4.79 Å². The van der Waals surface area contributed by atoms with Gasteiger partial charge in [-0.2, -0.15) is 5.26 Å². The zero-order valence-electron chi connectivity index (χ0n) is 16.9. The number of anilines is 1. The smallest absolute Gasteiger partial charge is 0.266 e. The Morgan fingerprint density at radius 2 is 1.84 bits per heavy atom. The lowest BCUT2D eigenvalue weighted by molar-refractivity contribution is -0.112. The number of amides is 1. The molecule has 0 heterocycles. The average molecular weight is 506 g/mol. The summed E-state index contributed by atoms with van der Waals surface area (Å²) in [5.41, 5.74) is 0.679. The minimum Gasteiger partial charge on any atom is -0.495 e. The Morgan fingerprint density at radius 1 is 1.16 bits per heavy atom. The zero-order chi connectivity index (χ0) is 23.0. The predicted octanol–water partition coefficient (Wildman–Crippen LogP) is 4.69. The van der Waals surface area contributed by atoms with Gasteiger partial charge in [-0.25, -0.2) is 0 Å². The monoisotopic (exact) mass is 504 g/mol. The summed E-state index contributed by atoms with van der Waals surface area (Å²) in [6, 6.07) is 8.19. The van der Waals surface area contributed by atoms with Gasteiger partial charge < -0.3 is 24.3 Å². The van der Waals surface area contributed by atoms with Crippen LogP contribution in [0, 0.1) is 23.7 Å². The van der Waals surface area contributed by atoms with Crippen molar-refractivity contribution in [3.8, 4) is 41.4 Å². The van der Waals surface area contributed by atoms with Crippen LogP contribution in [-0.4, -0.2) is 33.8 Å². The first-order chi connectivity index (χ1) is 14.9. The molecule has 31 heavy (non-hydrogen) atoms. The average Bonchev–Trinajstić information content (AvgIpc) is 2.76. The molecule has 0 fully saturated rings. The van der Waals surface area contributed by atoms with Crippen LogP contribution < -0.4 is 24.3 Å². The number of hydrogen-bond donors (Lipinski definition) is 1. The summed E-state index contributed by atoms with van der Waals surface area (Å²) in [6.07, 6.45) is 6.64. The number of benzene rings is 2. The van der Waals surface area contributed by atoms with Gasteiger partial charge in [-0.15, -0.1) is 6.42 Å². The number of terminal acetylenes is 1. The number of methoxy groups -OCH3 is 3. The molecule has 0 radical (unpaired) electrons. The van der Waals surface area contributed by atoms with Gasteiger partial charge in [-0.3, -0.25) is 4.79 Å². The second-order valence-electron chi connectivity index (χ2n) is 5.84. The SMILES string of the molecule is C#CCOc1c(Br)cc(/C=C(\C#N)C(=O)Nc2cc(OC)c(Cl)cc2OC)cc1OC. The lowest BCUT2D eigenvalue weighted by Gasteiger charge is -2.13. The van der Waals surface area contributed by atoms with Crippen LogP contribution in [0.1, 0.15) is 5.56 Å². The molecule has 0 saturated carbocycles. The molecule has 1 N–H and O–H groups in total. The fourth-order valence-corrected chi connectivity index (χ4v) is 3.35. The molecule has 2 rings (SSSR count). The van der Waals surface area contributed by atoms with Crippen LogP contribution in [0.5, 0.6) is 23.0 Å². The third kappa shape index (κ3) is 5.85. The summed E-state index contributed by atoms with van der Waals surface area (Å²) in [6.45, 7) is 0.0579. The van der Waals surface area contributed by atoms with Gasteiger partial charge in [0.25, 0.3) is 5.91 Å². The summed E-state index contributed by atoms with van der Waals surface area (Å²) in [5, 5.41) is 12.5. The zero-order valence-corrected chi connectivity index (χ0v) is 19.3. The van der Waals surface area contributed by atoms with Crippen molar-refractivity contribution in [2.45, 2.75) is 0 Å². The minimum atomic E-state index is -0.645. The van der Waals surface area contributed by atoms with Crippen molar-refractivity contribution in [1.82, 2.24) is 0 Å². The number of nitriles is 1. The lowest BCUT2D eigenvalue weighted by atomic mass is 10.1. The Morgan fingerprint density at radius 3 is 2.42 bits per heavy atom. The van der Waals surface area contributed by atoms with Crippen LogP contribution in [0.2, 0.25) is 5.02 Å². The molecule has 7 nitrogen and oxygen atoms in total. The van der Waals surface area contributed by atoms with Gasteiger partial charge in [0, 0.05) is 12.1 Å². The van der Waals surface area contributed by atoms with E-state index < -0.39 is 5.91 Å². The number of carbonyl (C=O) groups excluding carboxylic acids is 1. The fourth-order valence-electron chi connectivity index (χ4n) is 2.54. The number of carbonyl (C=O) groups is 1. The summed E-state index contributed by atoms with van der Waals surface area (Å²) < 4.78 is 21.7. The van der Waals surface area contributed by atoms with Crippen LogP contribution in [0.15, 0.2) is 34.3 Å². The van der Waals surface area contributed by atoms with Crippen LogP contribution in [0.4, 0.5) is 5.69 Å². The Bertz CT molecular complexity index is 1100. The highest BCUT2D eigenvalue weighted by molar-refractivity contribution is 9.10. The lowest BCUT2D eigenvalue weighted by Crippen LogP contribution is -2.14. The van der Waals surface area contributed by atoms with Crippen molar-refractivity contribution in [1.29, 1.82) is 5.26 Å². The Balaban J connectivity index is 2.38. The van der Waals surface area contributed by atoms with Gasteiger partial charge in [-0.05, 0) is 39.7 Å². The summed E-state index contributed by atoms with van der Waals surface area (Å²) >= 11 is 9.47. The van der Waals surface area contributed by atoms with Crippen molar-refractivity contribution in [3.63, 3.8) is 0 Å². The first-order valence-electron chi connectivity index (χ1n) is 8.66. The van der Waals surface area contributed by atoms with E-state index in [1.165, 1.54) is 39.5 Å². The molecule has 9 heteroatoms. The van der Waals surface area contributed by atoms with E-state index in [1.807, 2.05) is 6.07 Å². The van der Waals surface area contributed by atoms with Gasteiger partial charge in [0.05, 0.1) is 36.5 Å². The van der Waals surface area contributed by atoms with Crippen molar-refractivity contribution in [3.05, 3.63) is 44.9 Å². The van der Waals surface area contributed by atoms with Gasteiger partial charge in [0.1, 0.15) is 29.7 Å². The van der Waals surface area contributed by atoms with Crippen LogP contribution in [0.3, 0.4) is 0 Å². The Kier molecular flexibility index (Phi) is 8.63. The molecule has 2 aromatic rings. The van der Waals surface area contributed by atoms with E-state index in [0.717, 1.165) is 0 Å². The summed E-state index contributed by atoms with van der Waals surface area (Å²) in [4.78, 5) is 12.7. The van der Waals surface area contributed by atoms with Crippen molar-refractivity contribution in [2.75, 3.05) is 33.3 Å². The molecule has 0 aliphatic rings. The molecule has 0 unspecified atom stereocenters. The maximum atomic E-state index is 12.7. The van der Waals surface area contributed by atoms with E-state index in [-0.39, 0.29) is 12.2 Å². The van der Waals surface area contributed by atoms with E-state index in [4.69, 9.17) is 37.0 Å². The number of rotatable bonds is 8. The van der Waals surface area contributed by atoms with Crippen molar-refractivity contribution >= 4 is 45.2 Å². The van der Waals surface area contributed by atoms with Gasteiger partial charge in [-0.1, -0.05) is 17.5 Å². The molecule has 2 aromatic carbocycles. The minimum absolute atomic E-state index is 0.0579. The molecule has 160 valence electrons. The van der Waals surface area contributed by atoms with Gasteiger partial charge in [0.2, 0.25) is 0 Å². The normalized spacial score (nSPS) is 10.5. The van der Waals surface area contributed by atoms with E-state index in [2.05, 4.69) is 27.2 Å². The Labute approximate surface area is 193 Å². The molecule has 0 aliphatic heterocycles. The Hall–Kier alpha value is -3.33. The molecular formula is C22H18BrClN2O5. The third-order valence-electron chi connectivity index (χ3n) is 3.95. The molecule has 1 amide bonds. The highest BCUT2D eigenvalue weighted by atomic mass is 79.9. The van der Waals surface area contributed by atoms with Crippen LogP contribution >= 0.6 is 27.5 Å². The molecule has 0 atom stereocenters. The van der Waals surface area contributed by atoms with E-state index in [1.54, 1.807) is 12.1 Å². The standard InChI is InChI=1S/C22H18BrClN2O5/c1-5-6-31-21-15(23)8-13(9-20(21)30-4)7-14(12-25)22(27)26-17-11-18(28-2)16(24)10-19(17)29-3/h1,7-11H,6H2,2-4H3,(H,26,27)/b14-7+. The van der Waals surface area contributed by atoms with Gasteiger partial charge >= 0.3 is 0 Å². The second-order valence-corrected chi connectivity index (χ2v) is 7.10. The molecule has 0 saturated heterocycles. The highest BCUT2D eigenvalue weighted by Gasteiger charge is 2.17. The predicted molar refractivity (Wildman–Crippen MR) is 122 cm³/mol. The second kappa shape index (κ2) is 11.2. The summed E-state index contributed by atoms with van der Waals surface area (Å²) in [5.74, 6) is 3.19. The topological polar surface area (TPSA) is 89.8 Å². The number of nitrogens with zero attached hydrogens (tertiary/aromatic N) is 1. The van der Waals surface area contributed by atoms with E-state index >= 15 is 0 Å². The largest absolute Gasteiger partial charge is 0.495 e. The summed E-state index contributed by atoms with van der Waals surface area (Å²) in [7, 11) is 4.35. The highest BCUT2D eigenvalue weighted by Crippen LogP contribution is 2.38. The molecule has 0 aromatic heterocycles. The molecular weight excluding hydrogens is 488 g/mol.